The molecular formula is C20H28FN3O2. The molecule has 3 rings (SSSR count). The number of carbonyl (C=O) groups excluding carboxylic acids is 2. The summed E-state index contributed by atoms with van der Waals surface area (Å²) in [5.41, 5.74) is 0.903. The molecule has 0 radical (unpaired) electrons. The highest BCUT2D eigenvalue weighted by atomic mass is 19.1. The molecule has 6 heteroatoms. The molecule has 26 heavy (non-hydrogen) atoms. The number of carbonyl (C=O) groups is 2. The normalized spacial score (nSPS) is 21.9. The molecule has 2 fully saturated rings. The summed E-state index contributed by atoms with van der Waals surface area (Å²) in [5, 5.41) is 0. The molecule has 1 aromatic carbocycles. The molecule has 0 aromatic heterocycles. The summed E-state index contributed by atoms with van der Waals surface area (Å²) in [6.45, 7) is 2.84. The molecule has 0 saturated carbocycles. The first-order chi connectivity index (χ1) is 12.5. The van der Waals surface area contributed by atoms with Crippen molar-refractivity contribution in [3.05, 3.63) is 35.6 Å². The van der Waals surface area contributed by atoms with Crippen molar-refractivity contribution < 1.29 is 14.0 Å². The van der Waals surface area contributed by atoms with Crippen LogP contribution in [0.3, 0.4) is 0 Å². The lowest BCUT2D eigenvalue weighted by atomic mass is 9.98. The fourth-order valence-corrected chi connectivity index (χ4v) is 3.86. The van der Waals surface area contributed by atoms with Crippen molar-refractivity contribution in [2.24, 2.45) is 0 Å². The number of hydrogen-bond acceptors (Lipinski definition) is 3. The molecule has 1 aromatic rings. The van der Waals surface area contributed by atoms with E-state index in [2.05, 4.69) is 11.9 Å². The van der Waals surface area contributed by atoms with E-state index in [1.807, 2.05) is 0 Å². The molecule has 2 heterocycles. The molecule has 142 valence electrons. The Bertz CT molecular complexity index is 634. The highest BCUT2D eigenvalue weighted by Crippen LogP contribution is 2.20. The molecule has 2 saturated heterocycles. The van der Waals surface area contributed by atoms with Gasteiger partial charge in [-0.3, -0.25) is 9.59 Å². The Kier molecular flexibility index (Phi) is 6.25. The summed E-state index contributed by atoms with van der Waals surface area (Å²) in [7, 11) is 2.13. The number of amides is 2. The highest BCUT2D eigenvalue weighted by Gasteiger charge is 2.28. The standard InChI is InChI=1S/C20H28FN3O2/c1-22-11-3-2-4-18(22)9-10-19(25)24-13-12-23(20(26)15-24)14-16-5-7-17(21)8-6-16/h5-8,18H,2-4,9-15H2,1H3/t18-/m1/s1. The third-order valence-electron chi connectivity index (χ3n) is 5.57. The number of halogens is 1. The number of benzene rings is 1. The van der Waals surface area contributed by atoms with Crippen LogP contribution in [0.2, 0.25) is 0 Å². The Balaban J connectivity index is 1.46. The van der Waals surface area contributed by atoms with E-state index in [1.165, 1.54) is 25.0 Å². The van der Waals surface area contributed by atoms with Crippen LogP contribution >= 0.6 is 0 Å². The van der Waals surface area contributed by atoms with Crippen LogP contribution in [-0.4, -0.2) is 65.8 Å². The van der Waals surface area contributed by atoms with Gasteiger partial charge >= 0.3 is 0 Å². The molecule has 1 atom stereocenters. The largest absolute Gasteiger partial charge is 0.335 e. The van der Waals surface area contributed by atoms with Crippen molar-refractivity contribution >= 4 is 11.8 Å². The van der Waals surface area contributed by atoms with Gasteiger partial charge in [0, 0.05) is 32.1 Å². The Morgan fingerprint density at radius 1 is 1.15 bits per heavy atom. The summed E-state index contributed by atoms with van der Waals surface area (Å²) in [5.74, 6) is -0.235. The molecule has 0 aliphatic carbocycles. The number of likely N-dealkylation sites (tertiary alicyclic amines) is 1. The molecule has 0 spiro atoms. The van der Waals surface area contributed by atoms with Gasteiger partial charge in [0.1, 0.15) is 5.82 Å². The van der Waals surface area contributed by atoms with Crippen molar-refractivity contribution in [1.29, 1.82) is 0 Å². The predicted octanol–water partition coefficient (Wildman–Crippen LogP) is 2.26. The lowest BCUT2D eigenvalue weighted by Crippen LogP contribution is -2.52. The topological polar surface area (TPSA) is 43.9 Å². The lowest BCUT2D eigenvalue weighted by Gasteiger charge is -2.36. The minimum absolute atomic E-state index is 0.0382. The molecule has 2 aliphatic rings. The van der Waals surface area contributed by atoms with Gasteiger partial charge in [-0.25, -0.2) is 4.39 Å². The zero-order valence-electron chi connectivity index (χ0n) is 15.5. The fraction of sp³-hybridized carbons (Fsp3) is 0.600. The Hall–Kier alpha value is -1.95. The van der Waals surface area contributed by atoms with E-state index >= 15 is 0 Å². The first-order valence-corrected chi connectivity index (χ1v) is 9.53. The van der Waals surface area contributed by atoms with Gasteiger partial charge < -0.3 is 14.7 Å². The summed E-state index contributed by atoms with van der Waals surface area (Å²) in [4.78, 5) is 30.7. The lowest BCUT2D eigenvalue weighted by molar-refractivity contribution is -0.145. The van der Waals surface area contributed by atoms with Crippen LogP contribution in [0.1, 0.15) is 37.7 Å². The van der Waals surface area contributed by atoms with E-state index in [9.17, 15) is 14.0 Å². The average molecular weight is 361 g/mol. The molecule has 0 unspecified atom stereocenters. The molecule has 0 N–H and O–H groups in total. The number of piperazine rings is 1. The zero-order valence-corrected chi connectivity index (χ0v) is 15.5. The van der Waals surface area contributed by atoms with Crippen molar-refractivity contribution in [2.75, 3.05) is 33.2 Å². The number of piperidine rings is 1. The third-order valence-corrected chi connectivity index (χ3v) is 5.57. The first kappa shape index (κ1) is 18.8. The van der Waals surface area contributed by atoms with E-state index in [0.29, 0.717) is 32.1 Å². The van der Waals surface area contributed by atoms with Gasteiger partial charge in [-0.15, -0.1) is 0 Å². The Morgan fingerprint density at radius 3 is 2.62 bits per heavy atom. The maximum Gasteiger partial charge on any atom is 0.242 e. The van der Waals surface area contributed by atoms with Crippen LogP contribution in [0.25, 0.3) is 0 Å². The Morgan fingerprint density at radius 2 is 1.92 bits per heavy atom. The fourth-order valence-electron chi connectivity index (χ4n) is 3.86. The van der Waals surface area contributed by atoms with Crippen LogP contribution in [-0.2, 0) is 16.1 Å². The molecule has 2 amide bonds. The van der Waals surface area contributed by atoms with Crippen LogP contribution in [0, 0.1) is 5.82 Å². The maximum absolute atomic E-state index is 13.0. The monoisotopic (exact) mass is 361 g/mol. The summed E-state index contributed by atoms with van der Waals surface area (Å²) >= 11 is 0. The van der Waals surface area contributed by atoms with E-state index in [4.69, 9.17) is 0 Å². The second kappa shape index (κ2) is 8.62. The van der Waals surface area contributed by atoms with Gasteiger partial charge in [-0.2, -0.15) is 0 Å². The third kappa shape index (κ3) is 4.81. The molecule has 5 nitrogen and oxygen atoms in total. The number of hydrogen-bond donors (Lipinski definition) is 0. The first-order valence-electron chi connectivity index (χ1n) is 9.53. The van der Waals surface area contributed by atoms with Crippen LogP contribution in [0.4, 0.5) is 4.39 Å². The summed E-state index contributed by atoms with van der Waals surface area (Å²) < 4.78 is 13.0. The average Bonchev–Trinajstić information content (AvgIpc) is 2.64. The summed E-state index contributed by atoms with van der Waals surface area (Å²) in [6.07, 6.45) is 5.03. The van der Waals surface area contributed by atoms with Crippen LogP contribution in [0.15, 0.2) is 24.3 Å². The maximum atomic E-state index is 13.0. The number of rotatable bonds is 5. The zero-order chi connectivity index (χ0) is 18.5. The van der Waals surface area contributed by atoms with E-state index in [1.54, 1.807) is 21.9 Å². The van der Waals surface area contributed by atoms with Crippen molar-refractivity contribution in [3.63, 3.8) is 0 Å². The molecule has 2 aliphatic heterocycles. The van der Waals surface area contributed by atoms with Gasteiger partial charge in [0.05, 0.1) is 6.54 Å². The second-order valence-electron chi connectivity index (χ2n) is 7.43. The highest BCUT2D eigenvalue weighted by molar-refractivity contribution is 5.86. The van der Waals surface area contributed by atoms with E-state index in [0.717, 1.165) is 24.9 Å². The van der Waals surface area contributed by atoms with Gasteiger partial charge in [-0.1, -0.05) is 18.6 Å². The molecular weight excluding hydrogens is 333 g/mol. The van der Waals surface area contributed by atoms with Crippen LogP contribution in [0.5, 0.6) is 0 Å². The quantitative estimate of drug-likeness (QED) is 0.808. The van der Waals surface area contributed by atoms with Gasteiger partial charge in [-0.05, 0) is 50.6 Å². The molecule has 0 bridgehead atoms. The van der Waals surface area contributed by atoms with Gasteiger partial charge in [0.15, 0.2) is 0 Å². The van der Waals surface area contributed by atoms with Gasteiger partial charge in [0.25, 0.3) is 0 Å². The second-order valence-corrected chi connectivity index (χ2v) is 7.43. The number of nitrogens with zero attached hydrogens (tertiary/aromatic N) is 3. The van der Waals surface area contributed by atoms with Crippen molar-refractivity contribution in [3.8, 4) is 0 Å². The minimum atomic E-state index is -0.279. The van der Waals surface area contributed by atoms with Crippen molar-refractivity contribution in [1.82, 2.24) is 14.7 Å². The van der Waals surface area contributed by atoms with Crippen molar-refractivity contribution in [2.45, 2.75) is 44.7 Å². The minimum Gasteiger partial charge on any atom is -0.335 e. The van der Waals surface area contributed by atoms with E-state index < -0.39 is 0 Å². The van der Waals surface area contributed by atoms with E-state index in [-0.39, 0.29) is 24.2 Å². The van der Waals surface area contributed by atoms with Crippen LogP contribution < -0.4 is 0 Å². The Labute approximate surface area is 154 Å². The predicted molar refractivity (Wildman–Crippen MR) is 97.9 cm³/mol. The SMILES string of the molecule is CN1CCCC[C@@H]1CCC(=O)N1CCN(Cc2ccc(F)cc2)C(=O)C1. The van der Waals surface area contributed by atoms with Gasteiger partial charge in [0.2, 0.25) is 11.8 Å². The smallest absolute Gasteiger partial charge is 0.242 e. The summed E-state index contributed by atoms with van der Waals surface area (Å²) in [6, 6.07) is 6.69.